The molecule has 0 saturated carbocycles. The summed E-state index contributed by atoms with van der Waals surface area (Å²) >= 11 is 3.38. The standard InChI is InChI=1S/C15H13BrN2O3/c1-10-12(8-9-21-10)15(20)18-17-14(19)7-6-11-4-2-3-5-13(11)16/h2-9H,1H3,(H,17,19)(H,18,20)/b7-6+. The SMILES string of the molecule is Cc1occc1C(=O)NNC(=O)/C=C/c1ccccc1Br. The maximum absolute atomic E-state index is 11.7. The van der Waals surface area contributed by atoms with Crippen molar-refractivity contribution < 1.29 is 14.0 Å². The van der Waals surface area contributed by atoms with Gasteiger partial charge in [0, 0.05) is 10.5 Å². The van der Waals surface area contributed by atoms with E-state index in [0.717, 1.165) is 10.0 Å². The summed E-state index contributed by atoms with van der Waals surface area (Å²) in [6.45, 7) is 1.67. The van der Waals surface area contributed by atoms with Crippen LogP contribution in [0.15, 0.2) is 51.6 Å². The molecule has 1 aromatic carbocycles. The van der Waals surface area contributed by atoms with Gasteiger partial charge in [-0.15, -0.1) is 0 Å². The Morgan fingerprint density at radius 1 is 1.19 bits per heavy atom. The molecular formula is C15H13BrN2O3. The van der Waals surface area contributed by atoms with Gasteiger partial charge in [0.1, 0.15) is 5.76 Å². The van der Waals surface area contributed by atoms with Gasteiger partial charge in [-0.1, -0.05) is 34.1 Å². The molecule has 0 aliphatic carbocycles. The molecule has 0 radical (unpaired) electrons. The van der Waals surface area contributed by atoms with Gasteiger partial charge in [0.15, 0.2) is 0 Å². The summed E-state index contributed by atoms with van der Waals surface area (Å²) in [5, 5.41) is 0. The summed E-state index contributed by atoms with van der Waals surface area (Å²) < 4.78 is 5.90. The highest BCUT2D eigenvalue weighted by atomic mass is 79.9. The van der Waals surface area contributed by atoms with Crippen LogP contribution in [-0.2, 0) is 4.79 Å². The normalized spacial score (nSPS) is 10.6. The van der Waals surface area contributed by atoms with Gasteiger partial charge in [0.2, 0.25) is 0 Å². The summed E-state index contributed by atoms with van der Waals surface area (Å²) in [6.07, 6.45) is 4.40. The van der Waals surface area contributed by atoms with Gasteiger partial charge >= 0.3 is 0 Å². The molecule has 0 fully saturated rings. The number of carbonyl (C=O) groups is 2. The van der Waals surface area contributed by atoms with E-state index in [1.807, 2.05) is 24.3 Å². The molecule has 0 spiro atoms. The second kappa shape index (κ2) is 6.90. The fraction of sp³-hybridized carbons (Fsp3) is 0.0667. The third-order valence-corrected chi connectivity index (χ3v) is 3.44. The maximum atomic E-state index is 11.7. The summed E-state index contributed by atoms with van der Waals surface area (Å²) in [5.41, 5.74) is 5.87. The molecule has 2 N–H and O–H groups in total. The molecular weight excluding hydrogens is 336 g/mol. The number of amides is 2. The van der Waals surface area contributed by atoms with Crippen LogP contribution in [0.25, 0.3) is 6.08 Å². The first-order valence-electron chi connectivity index (χ1n) is 6.15. The van der Waals surface area contributed by atoms with Crippen LogP contribution in [0.4, 0.5) is 0 Å². The van der Waals surface area contributed by atoms with Crippen LogP contribution in [0, 0.1) is 6.92 Å². The number of carbonyl (C=O) groups excluding carboxylic acids is 2. The van der Waals surface area contributed by atoms with Gasteiger partial charge in [-0.25, -0.2) is 0 Å². The van der Waals surface area contributed by atoms with E-state index in [4.69, 9.17) is 4.42 Å². The molecule has 0 saturated heterocycles. The molecule has 0 unspecified atom stereocenters. The minimum Gasteiger partial charge on any atom is -0.469 e. The van der Waals surface area contributed by atoms with E-state index in [9.17, 15) is 9.59 Å². The Hall–Kier alpha value is -2.34. The predicted molar refractivity (Wildman–Crippen MR) is 82.2 cm³/mol. The van der Waals surface area contributed by atoms with Crippen molar-refractivity contribution in [2.45, 2.75) is 6.92 Å². The molecule has 0 bridgehead atoms. The van der Waals surface area contributed by atoms with Gasteiger partial charge in [-0.05, 0) is 30.7 Å². The molecule has 0 aliphatic heterocycles. The number of aryl methyl sites for hydroxylation is 1. The Morgan fingerprint density at radius 2 is 1.95 bits per heavy atom. The number of hydrogen-bond donors (Lipinski definition) is 2. The van der Waals surface area contributed by atoms with Gasteiger partial charge < -0.3 is 4.42 Å². The summed E-state index contributed by atoms with van der Waals surface area (Å²) in [5.74, 6) is -0.366. The molecule has 21 heavy (non-hydrogen) atoms. The first kappa shape index (κ1) is 15.1. The smallest absolute Gasteiger partial charge is 0.273 e. The zero-order chi connectivity index (χ0) is 15.2. The van der Waals surface area contributed by atoms with Crippen LogP contribution in [-0.4, -0.2) is 11.8 Å². The van der Waals surface area contributed by atoms with Crippen molar-refractivity contribution in [3.8, 4) is 0 Å². The number of nitrogens with one attached hydrogen (secondary N) is 2. The molecule has 1 heterocycles. The van der Waals surface area contributed by atoms with Crippen molar-refractivity contribution in [2.75, 3.05) is 0 Å². The van der Waals surface area contributed by atoms with Crippen LogP contribution in [0.1, 0.15) is 21.7 Å². The van der Waals surface area contributed by atoms with E-state index >= 15 is 0 Å². The third-order valence-electron chi connectivity index (χ3n) is 2.72. The van der Waals surface area contributed by atoms with E-state index in [1.54, 1.807) is 13.0 Å². The molecule has 5 nitrogen and oxygen atoms in total. The number of hydrazine groups is 1. The topological polar surface area (TPSA) is 71.3 Å². The van der Waals surface area contributed by atoms with E-state index in [2.05, 4.69) is 26.8 Å². The lowest BCUT2D eigenvalue weighted by Crippen LogP contribution is -2.40. The van der Waals surface area contributed by atoms with Crippen LogP contribution >= 0.6 is 15.9 Å². The molecule has 6 heteroatoms. The number of furan rings is 1. The number of rotatable bonds is 3. The van der Waals surface area contributed by atoms with Gasteiger partial charge in [-0.2, -0.15) is 0 Å². The van der Waals surface area contributed by atoms with Crippen LogP contribution < -0.4 is 10.9 Å². The molecule has 0 aliphatic rings. The first-order valence-corrected chi connectivity index (χ1v) is 6.94. The molecule has 2 rings (SSSR count). The summed E-state index contributed by atoms with van der Waals surface area (Å²) in [4.78, 5) is 23.4. The largest absolute Gasteiger partial charge is 0.469 e. The van der Waals surface area contributed by atoms with E-state index in [0.29, 0.717) is 11.3 Å². The lowest BCUT2D eigenvalue weighted by molar-refractivity contribution is -0.117. The highest BCUT2D eigenvalue weighted by Gasteiger charge is 2.11. The Bertz CT molecular complexity index is 692. The lowest BCUT2D eigenvalue weighted by atomic mass is 10.2. The summed E-state index contributed by atoms with van der Waals surface area (Å²) in [6, 6.07) is 9.02. The van der Waals surface area contributed by atoms with E-state index in [-0.39, 0.29) is 0 Å². The van der Waals surface area contributed by atoms with Crippen molar-refractivity contribution in [1.29, 1.82) is 0 Å². The van der Waals surface area contributed by atoms with E-state index < -0.39 is 11.8 Å². The maximum Gasteiger partial charge on any atom is 0.273 e. The molecule has 0 atom stereocenters. The quantitative estimate of drug-likeness (QED) is 0.661. The average molecular weight is 349 g/mol. The van der Waals surface area contributed by atoms with Crippen molar-refractivity contribution >= 4 is 33.8 Å². The third kappa shape index (κ3) is 4.06. The second-order valence-corrected chi connectivity index (χ2v) is 5.04. The van der Waals surface area contributed by atoms with E-state index in [1.165, 1.54) is 18.4 Å². The fourth-order valence-corrected chi connectivity index (χ4v) is 2.04. The fourth-order valence-electron chi connectivity index (χ4n) is 1.62. The highest BCUT2D eigenvalue weighted by molar-refractivity contribution is 9.10. The second-order valence-electron chi connectivity index (χ2n) is 4.19. The minimum absolute atomic E-state index is 0.380. The summed E-state index contributed by atoms with van der Waals surface area (Å²) in [7, 11) is 0. The monoisotopic (exact) mass is 348 g/mol. The van der Waals surface area contributed by atoms with Gasteiger partial charge in [0.25, 0.3) is 11.8 Å². The van der Waals surface area contributed by atoms with Crippen LogP contribution in [0.2, 0.25) is 0 Å². The van der Waals surface area contributed by atoms with Crippen molar-refractivity contribution in [1.82, 2.24) is 10.9 Å². The van der Waals surface area contributed by atoms with Crippen molar-refractivity contribution in [3.05, 3.63) is 64.0 Å². The molecule has 108 valence electrons. The molecule has 2 amide bonds. The first-order chi connectivity index (χ1) is 10.1. The van der Waals surface area contributed by atoms with Crippen molar-refractivity contribution in [2.24, 2.45) is 0 Å². The molecule has 1 aromatic heterocycles. The van der Waals surface area contributed by atoms with Crippen LogP contribution in [0.5, 0.6) is 0 Å². The van der Waals surface area contributed by atoms with Gasteiger partial charge in [0.05, 0.1) is 11.8 Å². The highest BCUT2D eigenvalue weighted by Crippen LogP contribution is 2.16. The minimum atomic E-state index is -0.430. The predicted octanol–water partition coefficient (Wildman–Crippen LogP) is 2.82. The zero-order valence-corrected chi connectivity index (χ0v) is 12.8. The number of hydrogen-bond acceptors (Lipinski definition) is 3. The Morgan fingerprint density at radius 3 is 2.62 bits per heavy atom. The van der Waals surface area contributed by atoms with Gasteiger partial charge in [-0.3, -0.25) is 20.4 Å². The van der Waals surface area contributed by atoms with Crippen molar-refractivity contribution in [3.63, 3.8) is 0 Å². The molecule has 2 aromatic rings. The number of benzene rings is 1. The average Bonchev–Trinajstić information content (AvgIpc) is 2.90. The Balaban J connectivity index is 1.90. The Kier molecular flexibility index (Phi) is 4.94. The number of halogens is 1. The van der Waals surface area contributed by atoms with Crippen LogP contribution in [0.3, 0.4) is 0 Å². The Labute approximate surface area is 130 Å². The zero-order valence-electron chi connectivity index (χ0n) is 11.2. The lowest BCUT2D eigenvalue weighted by Gasteiger charge is -2.04.